The maximum absolute atomic E-state index is 13.9. The standard InChI is InChI=1S/C15H21FN2O2/c1-11(15(19)18-8-3-4-9-18)20-14-12(10-17-2)6-5-7-13(14)16/h5-7,11,17H,3-4,8-10H2,1-2H3. The summed E-state index contributed by atoms with van der Waals surface area (Å²) in [6.07, 6.45) is 1.40. The first-order valence-electron chi connectivity index (χ1n) is 7.01. The third-order valence-corrected chi connectivity index (χ3v) is 3.48. The predicted molar refractivity (Wildman–Crippen MR) is 75.1 cm³/mol. The van der Waals surface area contributed by atoms with Crippen molar-refractivity contribution in [1.29, 1.82) is 0 Å². The molecule has 1 N–H and O–H groups in total. The van der Waals surface area contributed by atoms with Gasteiger partial charge in [0.15, 0.2) is 17.7 Å². The van der Waals surface area contributed by atoms with E-state index in [4.69, 9.17) is 4.74 Å². The van der Waals surface area contributed by atoms with Crippen LogP contribution < -0.4 is 10.1 Å². The lowest BCUT2D eigenvalue weighted by atomic mass is 10.2. The van der Waals surface area contributed by atoms with Gasteiger partial charge >= 0.3 is 0 Å². The van der Waals surface area contributed by atoms with Crippen LogP contribution in [0.2, 0.25) is 0 Å². The molecule has 1 amide bonds. The molecule has 5 heteroatoms. The zero-order valence-corrected chi connectivity index (χ0v) is 12.0. The Labute approximate surface area is 118 Å². The van der Waals surface area contributed by atoms with Gasteiger partial charge in [0, 0.05) is 25.2 Å². The number of carbonyl (C=O) groups is 1. The third-order valence-electron chi connectivity index (χ3n) is 3.48. The highest BCUT2D eigenvalue weighted by Crippen LogP contribution is 2.24. The number of ether oxygens (including phenoxy) is 1. The van der Waals surface area contributed by atoms with Crippen LogP contribution in [0, 0.1) is 5.82 Å². The summed E-state index contributed by atoms with van der Waals surface area (Å²) in [6.45, 7) is 3.72. The fourth-order valence-electron chi connectivity index (χ4n) is 2.44. The molecule has 0 aromatic heterocycles. The van der Waals surface area contributed by atoms with Crippen molar-refractivity contribution in [2.24, 2.45) is 0 Å². The molecule has 0 aliphatic carbocycles. The van der Waals surface area contributed by atoms with Crippen LogP contribution in [0.4, 0.5) is 4.39 Å². The highest BCUT2D eigenvalue weighted by molar-refractivity contribution is 5.81. The van der Waals surface area contributed by atoms with Gasteiger partial charge in [0.1, 0.15) is 0 Å². The van der Waals surface area contributed by atoms with E-state index < -0.39 is 11.9 Å². The van der Waals surface area contributed by atoms with Crippen LogP contribution in [0.1, 0.15) is 25.3 Å². The SMILES string of the molecule is CNCc1cccc(F)c1OC(C)C(=O)N1CCCC1. The number of rotatable bonds is 5. The van der Waals surface area contributed by atoms with Gasteiger partial charge in [0.05, 0.1) is 0 Å². The zero-order chi connectivity index (χ0) is 14.5. The maximum atomic E-state index is 13.9. The number of halogens is 1. The van der Waals surface area contributed by atoms with Crippen LogP contribution in [0.3, 0.4) is 0 Å². The number of nitrogens with one attached hydrogen (secondary N) is 1. The first-order chi connectivity index (χ1) is 9.63. The summed E-state index contributed by atoms with van der Waals surface area (Å²) in [5.41, 5.74) is 0.716. The summed E-state index contributed by atoms with van der Waals surface area (Å²) in [5.74, 6) is -0.332. The molecule has 110 valence electrons. The lowest BCUT2D eigenvalue weighted by Gasteiger charge is -2.22. The van der Waals surface area contributed by atoms with Gasteiger partial charge in [0.2, 0.25) is 0 Å². The van der Waals surface area contributed by atoms with Gasteiger partial charge in [-0.15, -0.1) is 0 Å². The van der Waals surface area contributed by atoms with E-state index in [-0.39, 0.29) is 11.7 Å². The molecule has 1 aromatic carbocycles. The molecule has 1 aliphatic heterocycles. The van der Waals surface area contributed by atoms with Gasteiger partial charge in [-0.25, -0.2) is 4.39 Å². The van der Waals surface area contributed by atoms with Crippen molar-refractivity contribution < 1.29 is 13.9 Å². The zero-order valence-electron chi connectivity index (χ0n) is 12.0. The number of hydrogen-bond acceptors (Lipinski definition) is 3. The smallest absolute Gasteiger partial charge is 0.263 e. The van der Waals surface area contributed by atoms with Crippen LogP contribution in [-0.4, -0.2) is 37.0 Å². The van der Waals surface area contributed by atoms with E-state index in [1.807, 2.05) is 0 Å². The first kappa shape index (κ1) is 14.8. The number of para-hydroxylation sites is 1. The average molecular weight is 280 g/mol. The second-order valence-electron chi connectivity index (χ2n) is 5.05. The highest BCUT2D eigenvalue weighted by atomic mass is 19.1. The topological polar surface area (TPSA) is 41.6 Å². The number of amides is 1. The summed E-state index contributed by atoms with van der Waals surface area (Å²) in [5, 5.41) is 2.97. The Balaban J connectivity index is 2.10. The molecule has 1 aliphatic rings. The molecule has 1 fully saturated rings. The first-order valence-corrected chi connectivity index (χ1v) is 7.01. The Morgan fingerprint density at radius 2 is 2.15 bits per heavy atom. The summed E-state index contributed by atoms with van der Waals surface area (Å²) in [6, 6.07) is 4.78. The number of nitrogens with zero attached hydrogens (tertiary/aromatic N) is 1. The van der Waals surface area contributed by atoms with E-state index >= 15 is 0 Å². The highest BCUT2D eigenvalue weighted by Gasteiger charge is 2.25. The lowest BCUT2D eigenvalue weighted by molar-refractivity contribution is -0.136. The monoisotopic (exact) mass is 280 g/mol. The van der Waals surface area contributed by atoms with Gasteiger partial charge in [-0.1, -0.05) is 12.1 Å². The molecule has 1 aromatic rings. The molecular formula is C15H21FN2O2. The van der Waals surface area contributed by atoms with E-state index in [2.05, 4.69) is 5.32 Å². The van der Waals surface area contributed by atoms with Gasteiger partial charge in [-0.05, 0) is 32.9 Å². The van der Waals surface area contributed by atoms with Gasteiger partial charge < -0.3 is 15.0 Å². The minimum atomic E-state index is -0.666. The van der Waals surface area contributed by atoms with Crippen LogP contribution in [0.15, 0.2) is 18.2 Å². The van der Waals surface area contributed by atoms with E-state index in [1.54, 1.807) is 31.0 Å². The van der Waals surface area contributed by atoms with E-state index in [0.29, 0.717) is 12.1 Å². The largest absolute Gasteiger partial charge is 0.477 e. The second kappa shape index (κ2) is 6.70. The fraction of sp³-hybridized carbons (Fsp3) is 0.533. The van der Waals surface area contributed by atoms with Crippen molar-refractivity contribution in [2.75, 3.05) is 20.1 Å². The molecule has 1 saturated heterocycles. The van der Waals surface area contributed by atoms with Gasteiger partial charge in [0.25, 0.3) is 5.91 Å². The molecule has 0 saturated carbocycles. The van der Waals surface area contributed by atoms with Gasteiger partial charge in [-0.3, -0.25) is 4.79 Å². The fourth-order valence-corrected chi connectivity index (χ4v) is 2.44. The number of hydrogen-bond donors (Lipinski definition) is 1. The summed E-state index contributed by atoms with van der Waals surface area (Å²) in [4.78, 5) is 14.0. The molecule has 1 heterocycles. The molecule has 0 radical (unpaired) electrons. The molecular weight excluding hydrogens is 259 g/mol. The summed E-state index contributed by atoms with van der Waals surface area (Å²) >= 11 is 0. The maximum Gasteiger partial charge on any atom is 0.263 e. The minimum Gasteiger partial charge on any atom is -0.477 e. The molecule has 0 spiro atoms. The Morgan fingerprint density at radius 1 is 1.45 bits per heavy atom. The van der Waals surface area contributed by atoms with Crippen molar-refractivity contribution in [3.05, 3.63) is 29.6 Å². The molecule has 0 bridgehead atoms. The van der Waals surface area contributed by atoms with E-state index in [1.165, 1.54) is 6.07 Å². The van der Waals surface area contributed by atoms with Crippen LogP contribution in [-0.2, 0) is 11.3 Å². The van der Waals surface area contributed by atoms with Crippen LogP contribution >= 0.6 is 0 Å². The van der Waals surface area contributed by atoms with Crippen LogP contribution in [0.5, 0.6) is 5.75 Å². The Kier molecular flexibility index (Phi) is 4.95. The van der Waals surface area contributed by atoms with Crippen molar-refractivity contribution >= 4 is 5.91 Å². The second-order valence-corrected chi connectivity index (χ2v) is 5.05. The molecule has 4 nitrogen and oxygen atoms in total. The minimum absolute atomic E-state index is 0.0684. The van der Waals surface area contributed by atoms with Crippen molar-refractivity contribution in [3.63, 3.8) is 0 Å². The summed E-state index contributed by atoms with van der Waals surface area (Å²) < 4.78 is 19.5. The third kappa shape index (κ3) is 3.28. The lowest BCUT2D eigenvalue weighted by Crippen LogP contribution is -2.38. The predicted octanol–water partition coefficient (Wildman–Crippen LogP) is 1.93. The number of likely N-dealkylation sites (tertiary alicyclic amines) is 1. The normalized spacial score (nSPS) is 16.2. The Bertz CT molecular complexity index is 473. The molecule has 2 rings (SSSR count). The van der Waals surface area contributed by atoms with Crippen molar-refractivity contribution in [1.82, 2.24) is 10.2 Å². The average Bonchev–Trinajstić information content (AvgIpc) is 2.96. The summed E-state index contributed by atoms with van der Waals surface area (Å²) in [7, 11) is 1.79. The number of carbonyl (C=O) groups excluding carboxylic acids is 1. The quantitative estimate of drug-likeness (QED) is 0.896. The molecule has 1 unspecified atom stereocenters. The van der Waals surface area contributed by atoms with E-state index in [9.17, 15) is 9.18 Å². The van der Waals surface area contributed by atoms with Crippen molar-refractivity contribution in [3.8, 4) is 5.75 Å². The molecule has 1 atom stereocenters. The Morgan fingerprint density at radius 3 is 2.80 bits per heavy atom. The van der Waals surface area contributed by atoms with Crippen molar-refractivity contribution in [2.45, 2.75) is 32.4 Å². The number of benzene rings is 1. The Hall–Kier alpha value is -1.62. The van der Waals surface area contributed by atoms with E-state index in [0.717, 1.165) is 25.9 Å². The van der Waals surface area contributed by atoms with Gasteiger partial charge in [-0.2, -0.15) is 0 Å². The van der Waals surface area contributed by atoms with Crippen LogP contribution in [0.25, 0.3) is 0 Å². The molecule has 20 heavy (non-hydrogen) atoms.